The molecule has 2 heterocycles. The van der Waals surface area contributed by atoms with Gasteiger partial charge in [-0.3, -0.25) is 0 Å². The number of anilines is 1. The molecule has 12 heteroatoms. The molecule has 1 aromatic heterocycles. The van der Waals surface area contributed by atoms with Crippen LogP contribution in [0.3, 0.4) is 0 Å². The molecule has 0 aliphatic carbocycles. The molecule has 1 atom stereocenters. The summed E-state index contributed by atoms with van der Waals surface area (Å²) in [6.45, 7) is 0.485. The fourth-order valence-corrected chi connectivity index (χ4v) is 3.98. The van der Waals surface area contributed by atoms with Crippen LogP contribution in [0, 0.1) is 0 Å². The van der Waals surface area contributed by atoms with Gasteiger partial charge in [0.25, 0.3) is 0 Å². The molecule has 158 valence electrons. The third kappa shape index (κ3) is 5.48. The Morgan fingerprint density at radius 3 is 2.69 bits per heavy atom. The smallest absolute Gasteiger partial charge is 0.323 e. The highest BCUT2D eigenvalue weighted by Gasteiger charge is 2.32. The number of amides is 2. The van der Waals surface area contributed by atoms with Crippen molar-refractivity contribution in [2.24, 2.45) is 0 Å². The van der Waals surface area contributed by atoms with Crippen LogP contribution in [0.1, 0.15) is 18.4 Å². The second-order valence-corrected chi connectivity index (χ2v) is 8.57. The van der Waals surface area contributed by atoms with Crippen molar-refractivity contribution in [1.82, 2.24) is 19.4 Å². The quantitative estimate of drug-likeness (QED) is 0.777. The van der Waals surface area contributed by atoms with E-state index < -0.39 is 33.8 Å². The second kappa shape index (κ2) is 8.03. The molecule has 29 heavy (non-hydrogen) atoms. The summed E-state index contributed by atoms with van der Waals surface area (Å²) < 4.78 is 66.1. The van der Waals surface area contributed by atoms with Crippen molar-refractivity contribution in [3.63, 3.8) is 0 Å². The Bertz CT molecular complexity index is 977. The van der Waals surface area contributed by atoms with Crippen LogP contribution in [-0.4, -0.2) is 54.5 Å². The van der Waals surface area contributed by atoms with Crippen molar-refractivity contribution in [2.75, 3.05) is 24.7 Å². The normalized spacial score (nSPS) is 17.9. The molecule has 3 rings (SSSR count). The van der Waals surface area contributed by atoms with Crippen LogP contribution in [0.25, 0.3) is 5.69 Å². The maximum Gasteiger partial charge on any atom is 0.416 e. The summed E-state index contributed by atoms with van der Waals surface area (Å²) in [5.41, 5.74) is -0.676. The Labute approximate surface area is 165 Å². The highest BCUT2D eigenvalue weighted by molar-refractivity contribution is 7.88. The van der Waals surface area contributed by atoms with Crippen LogP contribution in [0.4, 0.5) is 23.7 Å². The minimum Gasteiger partial charge on any atom is -0.323 e. The monoisotopic (exact) mass is 431 g/mol. The maximum atomic E-state index is 13.1. The molecular formula is C17H20F3N5O3S. The number of alkyl halides is 3. The second-order valence-electron chi connectivity index (χ2n) is 6.79. The van der Waals surface area contributed by atoms with Gasteiger partial charge in [-0.15, -0.1) is 0 Å². The zero-order valence-electron chi connectivity index (χ0n) is 15.5. The number of halogens is 3. The van der Waals surface area contributed by atoms with E-state index in [4.69, 9.17) is 0 Å². The summed E-state index contributed by atoms with van der Waals surface area (Å²) >= 11 is 0. The van der Waals surface area contributed by atoms with Crippen molar-refractivity contribution in [1.29, 1.82) is 0 Å². The summed E-state index contributed by atoms with van der Waals surface area (Å²) in [6, 6.07) is 3.55. The first kappa shape index (κ1) is 21.1. The molecule has 1 fully saturated rings. The molecule has 1 aliphatic rings. The number of nitrogens with one attached hydrogen (secondary N) is 2. The minimum absolute atomic E-state index is 0.0493. The molecule has 1 aromatic carbocycles. The van der Waals surface area contributed by atoms with E-state index in [2.05, 4.69) is 15.1 Å². The van der Waals surface area contributed by atoms with E-state index in [1.165, 1.54) is 21.8 Å². The summed E-state index contributed by atoms with van der Waals surface area (Å²) in [5.74, 6) is 0. The molecule has 0 radical (unpaired) electrons. The average Bonchev–Trinajstić information content (AvgIpc) is 3.14. The highest BCUT2D eigenvalue weighted by Crippen LogP contribution is 2.33. The van der Waals surface area contributed by atoms with Gasteiger partial charge in [0.2, 0.25) is 10.0 Å². The van der Waals surface area contributed by atoms with Crippen LogP contribution in [0.15, 0.2) is 36.7 Å². The van der Waals surface area contributed by atoms with Gasteiger partial charge in [0.15, 0.2) is 0 Å². The van der Waals surface area contributed by atoms with E-state index in [0.717, 1.165) is 18.4 Å². The Morgan fingerprint density at radius 1 is 1.31 bits per heavy atom. The molecule has 1 saturated heterocycles. The topological polar surface area (TPSA) is 96.3 Å². The number of nitrogens with zero attached hydrogens (tertiary/aromatic N) is 3. The van der Waals surface area contributed by atoms with E-state index in [9.17, 15) is 26.4 Å². The molecule has 8 nitrogen and oxygen atoms in total. The molecule has 2 N–H and O–H groups in total. The Kier molecular flexibility index (Phi) is 5.85. The first-order valence-electron chi connectivity index (χ1n) is 8.77. The van der Waals surface area contributed by atoms with Gasteiger partial charge in [0.05, 0.1) is 23.2 Å². The average molecular weight is 431 g/mol. The highest BCUT2D eigenvalue weighted by atomic mass is 32.2. The lowest BCUT2D eigenvalue weighted by molar-refractivity contribution is -0.137. The summed E-state index contributed by atoms with van der Waals surface area (Å²) in [4.78, 5) is 14.1. The van der Waals surface area contributed by atoms with E-state index in [1.54, 1.807) is 12.3 Å². The van der Waals surface area contributed by atoms with Gasteiger partial charge >= 0.3 is 12.2 Å². The van der Waals surface area contributed by atoms with Crippen molar-refractivity contribution in [3.05, 3.63) is 42.2 Å². The number of aromatic nitrogens is 2. The van der Waals surface area contributed by atoms with E-state index in [0.29, 0.717) is 19.4 Å². The van der Waals surface area contributed by atoms with E-state index in [1.807, 2.05) is 0 Å². The van der Waals surface area contributed by atoms with Crippen LogP contribution in [-0.2, 0) is 16.2 Å². The van der Waals surface area contributed by atoms with Crippen LogP contribution < -0.4 is 10.0 Å². The largest absolute Gasteiger partial charge is 0.416 e. The molecule has 0 spiro atoms. The molecule has 2 amide bonds. The lowest BCUT2D eigenvalue weighted by Gasteiger charge is -2.33. The van der Waals surface area contributed by atoms with Crippen LogP contribution in [0.2, 0.25) is 0 Å². The maximum absolute atomic E-state index is 13.1. The number of benzene rings is 1. The first-order chi connectivity index (χ1) is 13.5. The number of likely N-dealkylation sites (tertiary alicyclic amines) is 1. The molecule has 0 saturated carbocycles. The van der Waals surface area contributed by atoms with Crippen molar-refractivity contribution < 1.29 is 26.4 Å². The van der Waals surface area contributed by atoms with Crippen molar-refractivity contribution in [3.8, 4) is 5.69 Å². The fraction of sp³-hybridized carbons (Fsp3) is 0.412. The van der Waals surface area contributed by atoms with Crippen LogP contribution in [0.5, 0.6) is 0 Å². The van der Waals surface area contributed by atoms with Gasteiger partial charge in [-0.2, -0.15) is 18.3 Å². The van der Waals surface area contributed by atoms with Gasteiger partial charge in [-0.05, 0) is 37.1 Å². The number of piperidine rings is 1. The number of urea groups is 1. The Morgan fingerprint density at radius 2 is 2.07 bits per heavy atom. The lowest BCUT2D eigenvalue weighted by Crippen LogP contribution is -2.50. The number of hydrogen-bond acceptors (Lipinski definition) is 4. The number of rotatable bonds is 4. The zero-order chi connectivity index (χ0) is 21.2. The summed E-state index contributed by atoms with van der Waals surface area (Å²) in [6.07, 6.45) is 0.609. The standard InChI is InChI=1S/C17H20F3N5O3S/c1-29(27,28)23-13-4-2-8-24(11-13)16(26)22-14-10-12(17(18,19)20)5-6-15(14)25-9-3-7-21-25/h3,5-7,9-10,13,23H,2,4,8,11H2,1H3,(H,22,26). The molecule has 2 aromatic rings. The van der Waals surface area contributed by atoms with E-state index in [-0.39, 0.29) is 17.9 Å². The third-order valence-electron chi connectivity index (χ3n) is 4.41. The van der Waals surface area contributed by atoms with Crippen molar-refractivity contribution in [2.45, 2.75) is 25.1 Å². The van der Waals surface area contributed by atoms with Gasteiger partial charge < -0.3 is 10.2 Å². The zero-order valence-corrected chi connectivity index (χ0v) is 16.3. The SMILES string of the molecule is CS(=O)(=O)NC1CCCN(C(=O)Nc2cc(C(F)(F)F)ccc2-n2cccn2)C1. The summed E-state index contributed by atoms with van der Waals surface area (Å²) in [7, 11) is -3.44. The number of carbonyl (C=O) groups is 1. The number of carbonyl (C=O) groups excluding carboxylic acids is 1. The van der Waals surface area contributed by atoms with Gasteiger partial charge in [-0.25, -0.2) is 22.6 Å². The lowest BCUT2D eigenvalue weighted by atomic mass is 10.1. The van der Waals surface area contributed by atoms with Crippen LogP contribution >= 0.6 is 0 Å². The molecular weight excluding hydrogens is 411 g/mol. The van der Waals surface area contributed by atoms with Gasteiger partial charge in [-0.1, -0.05) is 0 Å². The Balaban J connectivity index is 1.83. The number of sulfonamides is 1. The van der Waals surface area contributed by atoms with Gasteiger partial charge in [0, 0.05) is 31.5 Å². The Hall–Kier alpha value is -2.60. The molecule has 1 aliphatic heterocycles. The van der Waals surface area contributed by atoms with Gasteiger partial charge in [0.1, 0.15) is 0 Å². The third-order valence-corrected chi connectivity index (χ3v) is 5.17. The predicted molar refractivity (Wildman–Crippen MR) is 100 cm³/mol. The minimum atomic E-state index is -4.57. The number of hydrogen-bond donors (Lipinski definition) is 2. The van der Waals surface area contributed by atoms with E-state index >= 15 is 0 Å². The fourth-order valence-electron chi connectivity index (χ4n) is 3.18. The van der Waals surface area contributed by atoms with Crippen molar-refractivity contribution >= 4 is 21.7 Å². The molecule has 0 bridgehead atoms. The molecule has 1 unspecified atom stereocenters. The first-order valence-corrected chi connectivity index (χ1v) is 10.7. The summed E-state index contributed by atoms with van der Waals surface area (Å²) in [5, 5.41) is 6.52. The predicted octanol–water partition coefficient (Wildman–Crippen LogP) is 2.44.